The van der Waals surface area contributed by atoms with Gasteiger partial charge in [-0.05, 0) is 61.7 Å². The maximum Gasteiger partial charge on any atom is 0.264 e. The Morgan fingerprint density at radius 2 is 1.60 bits per heavy atom. The first-order valence-corrected chi connectivity index (χ1v) is 13.4. The molecule has 1 N–H and O–H groups in total. The molecular weight excluding hydrogens is 484 g/mol. The zero-order valence-electron chi connectivity index (χ0n) is 19.6. The molecule has 35 heavy (non-hydrogen) atoms. The molecule has 0 unspecified atom stereocenters. The second kappa shape index (κ2) is 10.8. The van der Waals surface area contributed by atoms with E-state index in [4.69, 9.17) is 16.3 Å². The van der Waals surface area contributed by atoms with Crippen LogP contribution in [0.3, 0.4) is 0 Å². The molecule has 6 nitrogen and oxygen atoms in total. The molecule has 0 aliphatic carbocycles. The first kappa shape index (κ1) is 25.2. The van der Waals surface area contributed by atoms with Gasteiger partial charge in [0.1, 0.15) is 6.54 Å². The van der Waals surface area contributed by atoms with Crippen LogP contribution in [-0.2, 0) is 25.0 Å². The van der Waals surface area contributed by atoms with Gasteiger partial charge in [0.15, 0.2) is 0 Å². The molecule has 0 bridgehead atoms. The molecule has 3 aromatic rings. The molecule has 1 saturated heterocycles. The number of sulfonamides is 1. The Labute approximate surface area is 211 Å². The summed E-state index contributed by atoms with van der Waals surface area (Å²) < 4.78 is 33.8. The van der Waals surface area contributed by atoms with E-state index >= 15 is 0 Å². The molecule has 1 heterocycles. The second-order valence-corrected chi connectivity index (χ2v) is 11.1. The van der Waals surface area contributed by atoms with Crippen LogP contribution in [0.4, 0.5) is 5.69 Å². The summed E-state index contributed by atoms with van der Waals surface area (Å²) in [7, 11) is -3.98. The van der Waals surface area contributed by atoms with Gasteiger partial charge < -0.3 is 10.1 Å². The summed E-state index contributed by atoms with van der Waals surface area (Å²) in [5, 5.41) is 3.49. The quantitative estimate of drug-likeness (QED) is 0.474. The molecule has 1 fully saturated rings. The molecule has 0 aromatic heterocycles. The van der Waals surface area contributed by atoms with Crippen LogP contribution in [-0.4, -0.2) is 40.6 Å². The van der Waals surface area contributed by atoms with E-state index < -0.39 is 10.0 Å². The highest BCUT2D eigenvalue weighted by atomic mass is 35.5. The molecule has 184 valence electrons. The molecule has 8 heteroatoms. The van der Waals surface area contributed by atoms with Crippen molar-refractivity contribution in [3.63, 3.8) is 0 Å². The number of aryl methyl sites for hydroxylation is 1. The Hall–Kier alpha value is -2.87. The fourth-order valence-corrected chi connectivity index (χ4v) is 5.88. The number of hydrogen-bond acceptors (Lipinski definition) is 4. The fourth-order valence-electron chi connectivity index (χ4n) is 4.34. The molecule has 3 aromatic carbocycles. The van der Waals surface area contributed by atoms with E-state index in [1.54, 1.807) is 48.5 Å². The number of carbonyl (C=O) groups is 1. The number of benzene rings is 3. The average Bonchev–Trinajstić information content (AvgIpc) is 2.88. The van der Waals surface area contributed by atoms with Crippen LogP contribution in [0.1, 0.15) is 24.0 Å². The zero-order chi connectivity index (χ0) is 24.9. The van der Waals surface area contributed by atoms with Crippen molar-refractivity contribution in [1.82, 2.24) is 5.32 Å². The van der Waals surface area contributed by atoms with Crippen LogP contribution in [0, 0.1) is 6.92 Å². The fraction of sp³-hybridized carbons (Fsp3) is 0.296. The van der Waals surface area contributed by atoms with E-state index in [0.29, 0.717) is 30.5 Å². The van der Waals surface area contributed by atoms with Crippen molar-refractivity contribution in [2.75, 3.05) is 30.6 Å². The third kappa shape index (κ3) is 5.86. The predicted molar refractivity (Wildman–Crippen MR) is 138 cm³/mol. The summed E-state index contributed by atoms with van der Waals surface area (Å²) in [6.45, 7) is 3.17. The summed E-state index contributed by atoms with van der Waals surface area (Å²) in [4.78, 5) is 13.3. The first-order chi connectivity index (χ1) is 16.8. The van der Waals surface area contributed by atoms with Crippen molar-refractivity contribution in [1.29, 1.82) is 0 Å². The molecular formula is C27H29ClN2O4S. The lowest BCUT2D eigenvalue weighted by atomic mass is 9.74. The Morgan fingerprint density at radius 1 is 0.971 bits per heavy atom. The van der Waals surface area contributed by atoms with Crippen LogP contribution in [0.15, 0.2) is 83.8 Å². The van der Waals surface area contributed by atoms with Gasteiger partial charge >= 0.3 is 0 Å². The summed E-state index contributed by atoms with van der Waals surface area (Å²) in [5.74, 6) is -0.377. The van der Waals surface area contributed by atoms with Crippen LogP contribution in [0.25, 0.3) is 0 Å². The Kier molecular flexibility index (Phi) is 7.79. The summed E-state index contributed by atoms with van der Waals surface area (Å²) in [6.07, 6.45) is 1.56. The predicted octanol–water partition coefficient (Wildman–Crippen LogP) is 4.71. The highest BCUT2D eigenvalue weighted by Gasteiger charge is 2.35. The highest BCUT2D eigenvalue weighted by Crippen LogP contribution is 2.34. The minimum absolute atomic E-state index is 0.121. The zero-order valence-corrected chi connectivity index (χ0v) is 21.2. The minimum Gasteiger partial charge on any atom is -0.381 e. The Balaban J connectivity index is 1.57. The van der Waals surface area contributed by atoms with Crippen molar-refractivity contribution in [3.8, 4) is 0 Å². The van der Waals surface area contributed by atoms with Gasteiger partial charge in [0.05, 0.1) is 10.6 Å². The van der Waals surface area contributed by atoms with Gasteiger partial charge in [0, 0.05) is 30.2 Å². The summed E-state index contributed by atoms with van der Waals surface area (Å²) in [5.41, 5.74) is 2.21. The van der Waals surface area contributed by atoms with Gasteiger partial charge in [0.2, 0.25) is 5.91 Å². The van der Waals surface area contributed by atoms with Gasteiger partial charge in [-0.1, -0.05) is 59.6 Å². The Morgan fingerprint density at radius 3 is 2.23 bits per heavy atom. The minimum atomic E-state index is -3.98. The number of nitrogens with zero attached hydrogens (tertiary/aromatic N) is 1. The monoisotopic (exact) mass is 512 g/mol. The number of ether oxygens (including phenoxy) is 1. The number of nitrogens with one attached hydrogen (secondary N) is 1. The van der Waals surface area contributed by atoms with Crippen molar-refractivity contribution in [2.45, 2.75) is 30.1 Å². The van der Waals surface area contributed by atoms with E-state index in [1.807, 2.05) is 25.1 Å². The molecule has 0 radical (unpaired) electrons. The average molecular weight is 513 g/mol. The summed E-state index contributed by atoms with van der Waals surface area (Å²) >= 11 is 6.02. The smallest absolute Gasteiger partial charge is 0.264 e. The second-order valence-electron chi connectivity index (χ2n) is 8.84. The third-order valence-corrected chi connectivity index (χ3v) is 8.51. The number of anilines is 1. The molecule has 0 atom stereocenters. The van der Waals surface area contributed by atoms with E-state index in [2.05, 4.69) is 17.4 Å². The van der Waals surface area contributed by atoms with E-state index in [1.165, 1.54) is 0 Å². The molecule has 4 rings (SSSR count). The van der Waals surface area contributed by atoms with Crippen LogP contribution >= 0.6 is 11.6 Å². The lowest BCUT2D eigenvalue weighted by Gasteiger charge is -2.38. The van der Waals surface area contributed by atoms with Crippen LogP contribution < -0.4 is 9.62 Å². The number of hydrogen-bond donors (Lipinski definition) is 1. The van der Waals surface area contributed by atoms with Gasteiger partial charge in [-0.3, -0.25) is 9.10 Å². The largest absolute Gasteiger partial charge is 0.381 e. The lowest BCUT2D eigenvalue weighted by Crippen LogP contribution is -2.48. The highest BCUT2D eigenvalue weighted by molar-refractivity contribution is 7.92. The molecule has 1 aliphatic heterocycles. The van der Waals surface area contributed by atoms with Gasteiger partial charge in [0.25, 0.3) is 10.0 Å². The van der Waals surface area contributed by atoms with Crippen LogP contribution in [0.2, 0.25) is 5.02 Å². The Bertz CT molecular complexity index is 1240. The van der Waals surface area contributed by atoms with E-state index in [-0.39, 0.29) is 22.8 Å². The van der Waals surface area contributed by atoms with Gasteiger partial charge in [-0.15, -0.1) is 0 Å². The maximum absolute atomic E-state index is 13.6. The first-order valence-electron chi connectivity index (χ1n) is 11.6. The number of amides is 1. The van der Waals surface area contributed by atoms with E-state index in [0.717, 1.165) is 28.3 Å². The van der Waals surface area contributed by atoms with E-state index in [9.17, 15) is 13.2 Å². The normalized spacial score (nSPS) is 15.4. The summed E-state index contributed by atoms with van der Waals surface area (Å²) in [6, 6.07) is 23.1. The molecule has 1 aliphatic rings. The SMILES string of the molecule is Cc1ccc(S(=O)(=O)N(CC(=O)NCC2(c3ccccc3)CCOCC2)c2ccc(Cl)cc2)cc1. The van der Waals surface area contributed by atoms with Crippen molar-refractivity contribution >= 4 is 33.2 Å². The number of halogens is 1. The van der Waals surface area contributed by atoms with Crippen molar-refractivity contribution in [2.24, 2.45) is 0 Å². The lowest BCUT2D eigenvalue weighted by molar-refractivity contribution is -0.120. The maximum atomic E-state index is 13.6. The number of rotatable bonds is 8. The van der Waals surface area contributed by atoms with Crippen molar-refractivity contribution < 1.29 is 17.9 Å². The molecule has 0 spiro atoms. The van der Waals surface area contributed by atoms with Crippen LogP contribution in [0.5, 0.6) is 0 Å². The molecule has 1 amide bonds. The number of carbonyl (C=O) groups excluding carboxylic acids is 1. The van der Waals surface area contributed by atoms with Crippen molar-refractivity contribution in [3.05, 3.63) is 95.0 Å². The van der Waals surface area contributed by atoms with Gasteiger partial charge in [-0.25, -0.2) is 8.42 Å². The third-order valence-electron chi connectivity index (χ3n) is 6.47. The topological polar surface area (TPSA) is 75.7 Å². The van der Waals surface area contributed by atoms with Gasteiger partial charge in [-0.2, -0.15) is 0 Å². The standard InChI is InChI=1S/C27H29ClN2O4S/c1-21-7-13-25(14-8-21)35(32,33)30(24-11-9-23(28)10-12-24)19-26(31)29-20-27(15-17-34-18-16-27)22-5-3-2-4-6-22/h2-14H,15-20H2,1H3,(H,29,31). The molecule has 0 saturated carbocycles.